The minimum absolute atomic E-state index is 0.130. The molecular weight excluding hydrogens is 384 g/mol. The Balaban J connectivity index is 1.43. The maximum atomic E-state index is 12.8. The van der Waals surface area contributed by atoms with Gasteiger partial charge in [0.15, 0.2) is 6.10 Å². The van der Waals surface area contributed by atoms with Crippen LogP contribution in [0.2, 0.25) is 0 Å². The summed E-state index contributed by atoms with van der Waals surface area (Å²) in [4.78, 5) is 6.36. The molecule has 158 valence electrons. The van der Waals surface area contributed by atoms with Crippen molar-refractivity contribution in [2.45, 2.75) is 62.2 Å². The van der Waals surface area contributed by atoms with Crippen molar-refractivity contribution in [3.63, 3.8) is 0 Å². The van der Waals surface area contributed by atoms with Crippen LogP contribution in [0.3, 0.4) is 0 Å². The summed E-state index contributed by atoms with van der Waals surface area (Å²) in [5.41, 5.74) is 6.41. The molecule has 8 rings (SSSR count). The fraction of sp³-hybridized carbons (Fsp3) is 0.481. The maximum Gasteiger partial charge on any atom is 0.151 e. The molecule has 4 heteroatoms. The van der Waals surface area contributed by atoms with E-state index in [4.69, 9.17) is 4.74 Å². The van der Waals surface area contributed by atoms with E-state index in [9.17, 15) is 5.11 Å². The number of nitrogens with one attached hydrogen (secondary N) is 1. The summed E-state index contributed by atoms with van der Waals surface area (Å²) in [6.07, 6.45) is 5.19. The van der Waals surface area contributed by atoms with Crippen LogP contribution in [0.1, 0.15) is 53.3 Å². The van der Waals surface area contributed by atoms with Gasteiger partial charge in [0, 0.05) is 35.5 Å². The number of ether oxygens (including phenoxy) is 1. The number of nitrogens with zero attached hydrogens (tertiary/aromatic N) is 1. The van der Waals surface area contributed by atoms with Crippen molar-refractivity contribution in [1.29, 1.82) is 0 Å². The number of aromatic nitrogens is 1. The van der Waals surface area contributed by atoms with E-state index in [1.165, 1.54) is 46.2 Å². The molecule has 2 N–H and O–H groups in total. The summed E-state index contributed by atoms with van der Waals surface area (Å²) >= 11 is 0. The number of aryl methyl sites for hydroxylation is 1. The van der Waals surface area contributed by atoms with Gasteiger partial charge in [0.05, 0.1) is 16.7 Å². The van der Waals surface area contributed by atoms with E-state index in [2.05, 4.69) is 53.2 Å². The molecule has 4 nitrogen and oxygen atoms in total. The first-order valence-electron chi connectivity index (χ1n) is 12.0. The molecule has 2 aromatic carbocycles. The van der Waals surface area contributed by atoms with Gasteiger partial charge in [0.2, 0.25) is 0 Å². The molecule has 5 aliphatic rings. The zero-order valence-electron chi connectivity index (χ0n) is 17.9. The molecule has 1 spiro atoms. The number of aliphatic hydroxyl groups is 1. The predicted octanol–water partition coefficient (Wildman–Crippen LogP) is 4.18. The third kappa shape index (κ3) is 1.88. The Morgan fingerprint density at radius 1 is 1.19 bits per heavy atom. The third-order valence-corrected chi connectivity index (χ3v) is 9.29. The number of hydrogen-bond acceptors (Lipinski definition) is 3. The smallest absolute Gasteiger partial charge is 0.151 e. The lowest BCUT2D eigenvalue weighted by Crippen LogP contribution is -2.74. The van der Waals surface area contributed by atoms with Gasteiger partial charge in [0.1, 0.15) is 5.75 Å². The average molecular weight is 413 g/mol. The van der Waals surface area contributed by atoms with Gasteiger partial charge in [0.25, 0.3) is 0 Å². The molecule has 1 aromatic heterocycles. The first-order valence-corrected chi connectivity index (χ1v) is 12.0. The SMILES string of the molecule is Cc1ccc2c3c1OC1c4[nH]c5ccccc5c4C[C@@]4(O)[C@@H](C2)N(CC2CC2)CC[C@]314. The molecule has 3 heterocycles. The average Bonchev–Trinajstić information content (AvgIpc) is 3.40. The number of rotatable bonds is 2. The Hall–Kier alpha value is -2.30. The highest BCUT2D eigenvalue weighted by atomic mass is 16.5. The highest BCUT2D eigenvalue weighted by Crippen LogP contribution is 2.68. The summed E-state index contributed by atoms with van der Waals surface area (Å²) < 4.78 is 6.85. The normalized spacial score (nSPS) is 35.0. The summed E-state index contributed by atoms with van der Waals surface area (Å²) in [5, 5.41) is 14.0. The monoisotopic (exact) mass is 412 g/mol. The van der Waals surface area contributed by atoms with Gasteiger partial charge in [-0.2, -0.15) is 0 Å². The van der Waals surface area contributed by atoms with E-state index in [-0.39, 0.29) is 17.6 Å². The number of likely N-dealkylation sites (tertiary alicyclic amines) is 1. The minimum Gasteiger partial charge on any atom is -0.483 e. The Morgan fingerprint density at radius 3 is 2.94 bits per heavy atom. The Morgan fingerprint density at radius 2 is 2.06 bits per heavy atom. The van der Waals surface area contributed by atoms with Crippen LogP contribution in [0.15, 0.2) is 36.4 Å². The lowest BCUT2D eigenvalue weighted by molar-refractivity contribution is -0.173. The number of benzene rings is 2. The van der Waals surface area contributed by atoms with Crippen LogP contribution in [-0.4, -0.2) is 39.7 Å². The summed E-state index contributed by atoms with van der Waals surface area (Å²) in [6, 6.07) is 13.3. The van der Waals surface area contributed by atoms with Crippen molar-refractivity contribution in [1.82, 2.24) is 9.88 Å². The van der Waals surface area contributed by atoms with Crippen molar-refractivity contribution in [2.75, 3.05) is 13.1 Å². The zero-order chi connectivity index (χ0) is 20.5. The molecule has 1 saturated carbocycles. The number of aromatic amines is 1. The first kappa shape index (κ1) is 17.3. The molecule has 31 heavy (non-hydrogen) atoms. The quantitative estimate of drug-likeness (QED) is 0.664. The predicted molar refractivity (Wildman–Crippen MR) is 120 cm³/mol. The van der Waals surface area contributed by atoms with Crippen LogP contribution in [0, 0.1) is 12.8 Å². The standard InChI is InChI=1S/C27H28N2O2/c1-15-6-9-17-12-21-27(30)13-19-18-4-2-3-5-20(18)28-23(19)25-26(27,22(17)24(15)31-25)10-11-29(21)14-16-7-8-16/h2-6,9,16,21,25,28,30H,7-8,10-14H2,1H3/t21-,25?,26+,27-/m1/s1. The molecule has 4 atom stereocenters. The number of hydrogen-bond donors (Lipinski definition) is 2. The second-order valence-electron chi connectivity index (χ2n) is 10.8. The summed E-state index contributed by atoms with van der Waals surface area (Å²) in [6.45, 7) is 4.36. The van der Waals surface area contributed by atoms with Crippen LogP contribution in [0.25, 0.3) is 10.9 Å². The van der Waals surface area contributed by atoms with E-state index in [1.54, 1.807) is 0 Å². The summed E-state index contributed by atoms with van der Waals surface area (Å²) in [7, 11) is 0. The van der Waals surface area contributed by atoms with Crippen LogP contribution in [0.4, 0.5) is 0 Å². The molecule has 2 bridgehead atoms. The maximum absolute atomic E-state index is 12.8. The van der Waals surface area contributed by atoms with Crippen molar-refractivity contribution in [2.24, 2.45) is 5.92 Å². The van der Waals surface area contributed by atoms with Gasteiger partial charge >= 0.3 is 0 Å². The van der Waals surface area contributed by atoms with Crippen molar-refractivity contribution in [3.8, 4) is 5.75 Å². The van der Waals surface area contributed by atoms with E-state index >= 15 is 0 Å². The molecule has 3 aliphatic carbocycles. The molecule has 0 amide bonds. The number of piperidine rings is 1. The molecular formula is C27H28N2O2. The number of H-pyrrole nitrogens is 1. The molecule has 2 fully saturated rings. The van der Waals surface area contributed by atoms with Crippen molar-refractivity contribution in [3.05, 3.63) is 64.3 Å². The van der Waals surface area contributed by atoms with E-state index in [1.807, 2.05) is 0 Å². The van der Waals surface area contributed by atoms with Gasteiger partial charge in [-0.1, -0.05) is 30.3 Å². The minimum atomic E-state index is -0.797. The van der Waals surface area contributed by atoms with Crippen LogP contribution in [-0.2, 0) is 18.3 Å². The van der Waals surface area contributed by atoms with Gasteiger partial charge < -0.3 is 14.8 Å². The van der Waals surface area contributed by atoms with Crippen molar-refractivity contribution < 1.29 is 9.84 Å². The van der Waals surface area contributed by atoms with Crippen molar-refractivity contribution >= 4 is 10.9 Å². The topological polar surface area (TPSA) is 48.5 Å². The molecule has 0 radical (unpaired) electrons. The second-order valence-corrected chi connectivity index (χ2v) is 10.8. The largest absolute Gasteiger partial charge is 0.483 e. The van der Waals surface area contributed by atoms with Gasteiger partial charge in [-0.05, 0) is 67.8 Å². The van der Waals surface area contributed by atoms with E-state index < -0.39 is 5.60 Å². The van der Waals surface area contributed by atoms with Gasteiger partial charge in [-0.3, -0.25) is 4.90 Å². The second kappa shape index (κ2) is 5.36. The van der Waals surface area contributed by atoms with Gasteiger partial charge in [-0.15, -0.1) is 0 Å². The molecule has 1 unspecified atom stereocenters. The molecule has 2 aliphatic heterocycles. The number of para-hydroxylation sites is 1. The fourth-order valence-electron chi connectivity index (χ4n) is 7.72. The van der Waals surface area contributed by atoms with Gasteiger partial charge in [-0.25, -0.2) is 0 Å². The Kier molecular flexibility index (Phi) is 2.99. The summed E-state index contributed by atoms with van der Waals surface area (Å²) in [5.74, 6) is 1.87. The Bertz CT molecular complexity index is 1270. The first-order chi connectivity index (χ1) is 15.1. The lowest BCUT2D eigenvalue weighted by atomic mass is 9.49. The van der Waals surface area contributed by atoms with Crippen LogP contribution in [0.5, 0.6) is 5.75 Å². The Labute approximate surface area is 182 Å². The molecule has 3 aromatic rings. The third-order valence-electron chi connectivity index (χ3n) is 9.29. The lowest BCUT2D eigenvalue weighted by Gasteiger charge is -2.62. The van der Waals surface area contributed by atoms with E-state index in [0.717, 1.165) is 43.1 Å². The van der Waals surface area contributed by atoms with Crippen LogP contribution >= 0.6 is 0 Å². The molecule has 1 saturated heterocycles. The fourth-order valence-corrected chi connectivity index (χ4v) is 7.72. The zero-order valence-corrected chi connectivity index (χ0v) is 17.9. The van der Waals surface area contributed by atoms with E-state index in [0.29, 0.717) is 6.42 Å². The highest BCUT2D eigenvalue weighted by Gasteiger charge is 2.72. The number of fused-ring (bicyclic) bond motifs is 4. The highest BCUT2D eigenvalue weighted by molar-refractivity contribution is 5.86. The van der Waals surface area contributed by atoms with Crippen LogP contribution < -0.4 is 4.74 Å².